The number of benzene rings is 2. The van der Waals surface area contributed by atoms with E-state index in [1.165, 1.54) is 17.2 Å². The van der Waals surface area contributed by atoms with E-state index >= 15 is 0 Å². The summed E-state index contributed by atoms with van der Waals surface area (Å²) in [4.78, 5) is 86.6. The molecule has 2 aliphatic heterocycles. The summed E-state index contributed by atoms with van der Waals surface area (Å²) in [6.45, 7) is 8.34. The third-order valence-corrected chi connectivity index (χ3v) is 13.9. The minimum Gasteiger partial charge on any atom is -0.457 e. The highest BCUT2D eigenvalue weighted by Crippen LogP contribution is 2.33. The van der Waals surface area contributed by atoms with E-state index in [1.54, 1.807) is 61.6 Å². The average Bonchev–Trinajstić information content (AvgIpc) is 4.02. The van der Waals surface area contributed by atoms with Gasteiger partial charge in [0.25, 0.3) is 5.91 Å². The van der Waals surface area contributed by atoms with Gasteiger partial charge in [0.15, 0.2) is 11.6 Å². The molecular formula is C55H73FN12O11S. The molecule has 8 N–H and O–H groups in total. The predicted octanol–water partition coefficient (Wildman–Crippen LogP) is 5.23. The van der Waals surface area contributed by atoms with Crippen molar-refractivity contribution in [2.45, 2.75) is 74.7 Å². The smallest absolute Gasteiger partial charge is 0.315 e. The summed E-state index contributed by atoms with van der Waals surface area (Å²) < 4.78 is 43.1. The lowest BCUT2D eigenvalue weighted by atomic mass is 10.0. The molecule has 4 atom stereocenters. The molecule has 6 rings (SSSR count). The first-order valence-corrected chi connectivity index (χ1v) is 27.8. The molecule has 0 bridgehead atoms. The third kappa shape index (κ3) is 22.5. The first kappa shape index (κ1) is 61.9. The van der Waals surface area contributed by atoms with E-state index < -0.39 is 11.9 Å². The van der Waals surface area contributed by atoms with Crippen LogP contribution in [0.25, 0.3) is 0 Å². The third-order valence-electron chi connectivity index (χ3n) is 12.4. The first-order valence-electron chi connectivity index (χ1n) is 26.8. The minimum absolute atomic E-state index is 0.0499. The maximum atomic E-state index is 14.7. The highest BCUT2D eigenvalue weighted by molar-refractivity contribution is 8.00. The fraction of sp³-hybridized carbons (Fsp3) is 0.473. The molecule has 0 saturated carbocycles. The van der Waals surface area contributed by atoms with Crippen LogP contribution in [0.15, 0.2) is 85.7 Å². The van der Waals surface area contributed by atoms with Crippen molar-refractivity contribution < 1.29 is 56.8 Å². The van der Waals surface area contributed by atoms with Crippen molar-refractivity contribution >= 4 is 76.5 Å². The summed E-state index contributed by atoms with van der Waals surface area (Å²) in [6.07, 6.45) is 9.57. The number of nitrogens with one attached hydrogen (secondary N) is 8. The normalized spacial score (nSPS) is 15.6. The van der Waals surface area contributed by atoms with Gasteiger partial charge in [0.2, 0.25) is 23.7 Å². The molecule has 23 nitrogen and oxygen atoms in total. The molecule has 6 amide bonds. The molecule has 80 heavy (non-hydrogen) atoms. The number of halogens is 1. The van der Waals surface area contributed by atoms with Crippen LogP contribution in [-0.4, -0.2) is 171 Å². The van der Waals surface area contributed by atoms with Crippen LogP contribution in [0.1, 0.15) is 61.9 Å². The van der Waals surface area contributed by atoms with Gasteiger partial charge in [-0.25, -0.2) is 14.2 Å². The Morgan fingerprint density at radius 1 is 0.800 bits per heavy atom. The number of carbonyl (C=O) groups excluding carboxylic acids is 6. The minimum atomic E-state index is -0.680. The molecule has 25 heteroatoms. The summed E-state index contributed by atoms with van der Waals surface area (Å²) in [5, 5.41) is 23.8. The average molecular weight is 1130 g/mol. The number of fused-ring (bicyclic) bond motifs is 1. The number of hydrogen-bond donors (Lipinski definition) is 8. The second kappa shape index (κ2) is 34.7. The van der Waals surface area contributed by atoms with Gasteiger partial charge in [0.05, 0.1) is 64.0 Å². The zero-order valence-electron chi connectivity index (χ0n) is 45.0. The standard InChI is InChI=1S/C55H73FN12O11S/c1-3-48(70)62-39-9-6-10-40(33-39)63-52-44(56)35-61-54(67-52)64-38-13-16-42(17-14-38)79-43-19-22-58-45(34-43)53(73)68(2)24-28-77-27-23-57-41(36-69)15-18-50(72)60-21-8-26-76-30-32-78-31-29-75-25-7-20-59-49(71)12-5-4-11-47-51-46(37-80-47)65-55(74)66-51/h3,6,9-10,13-14,16-17,19,22,33-36,41,46-47,51,57H,1,4-5,7-8,11-12,15,18,20-21,23-32,37H2,2H3,(H,59,71)(H,60,72)(H,62,70)(H2,65,66,74)(H2,61,63,64,67)/t41?,46-,47-,51-/m0/s1. The zero-order valence-corrected chi connectivity index (χ0v) is 45.8. The maximum absolute atomic E-state index is 14.7. The van der Waals surface area contributed by atoms with Gasteiger partial charge in [0, 0.05) is 99.6 Å². The maximum Gasteiger partial charge on any atom is 0.315 e. The van der Waals surface area contributed by atoms with Gasteiger partial charge in [-0.2, -0.15) is 16.7 Å². The second-order valence-corrected chi connectivity index (χ2v) is 19.9. The molecule has 2 aliphatic rings. The largest absolute Gasteiger partial charge is 0.457 e. The van der Waals surface area contributed by atoms with Crippen molar-refractivity contribution in [1.29, 1.82) is 0 Å². The van der Waals surface area contributed by atoms with Crippen LogP contribution < -0.4 is 47.3 Å². The van der Waals surface area contributed by atoms with E-state index in [4.69, 9.17) is 23.7 Å². The van der Waals surface area contributed by atoms with E-state index in [0.717, 1.165) is 50.0 Å². The number of hydrogen-bond acceptors (Lipinski definition) is 18. The van der Waals surface area contributed by atoms with E-state index in [2.05, 4.69) is 64.1 Å². The Labute approximate surface area is 469 Å². The summed E-state index contributed by atoms with van der Waals surface area (Å²) >= 11 is 1.89. The molecule has 0 spiro atoms. The lowest BCUT2D eigenvalue weighted by molar-refractivity contribution is -0.122. The van der Waals surface area contributed by atoms with Gasteiger partial charge in [-0.3, -0.25) is 24.2 Å². The first-order chi connectivity index (χ1) is 39.0. The highest BCUT2D eigenvalue weighted by Gasteiger charge is 2.42. The molecule has 4 heterocycles. The van der Waals surface area contributed by atoms with Crippen molar-refractivity contribution in [2.24, 2.45) is 0 Å². The molecule has 2 aromatic heterocycles. The molecule has 432 valence electrons. The van der Waals surface area contributed by atoms with E-state index in [9.17, 15) is 33.2 Å². The number of aromatic nitrogens is 3. The molecule has 2 aromatic carbocycles. The summed E-state index contributed by atoms with van der Waals surface area (Å²) in [5.74, 6) is 0.348. The van der Waals surface area contributed by atoms with Crippen molar-refractivity contribution in [2.75, 3.05) is 108 Å². The summed E-state index contributed by atoms with van der Waals surface area (Å²) in [7, 11) is 1.64. The van der Waals surface area contributed by atoms with Crippen LogP contribution in [0.4, 0.5) is 38.0 Å². The molecule has 2 saturated heterocycles. The van der Waals surface area contributed by atoms with Gasteiger partial charge >= 0.3 is 6.03 Å². The molecule has 4 aromatic rings. The molecule has 0 aliphatic carbocycles. The Morgan fingerprint density at radius 3 is 2.25 bits per heavy atom. The Bertz CT molecular complexity index is 2620. The lowest BCUT2D eigenvalue weighted by Crippen LogP contribution is -2.36. The SMILES string of the molecule is C=CC(=O)Nc1cccc(Nc2nc(Nc3ccc(Oc4ccnc(C(=O)N(C)CCOCCNC(C=O)CCC(=O)NCCCOCCOCCOCCCNC(=O)CCCC[C@@H]5SC[C@@H]6NC(=O)N[C@@H]65)c4)cc3)ncc2F)c1. The number of aldehydes is 1. The predicted molar refractivity (Wildman–Crippen MR) is 301 cm³/mol. The van der Waals surface area contributed by atoms with Crippen LogP contribution in [0.3, 0.4) is 0 Å². The fourth-order valence-electron chi connectivity index (χ4n) is 8.20. The van der Waals surface area contributed by atoms with Gasteiger partial charge in [0.1, 0.15) is 23.5 Å². The Morgan fingerprint density at radius 2 is 1.51 bits per heavy atom. The number of anilines is 5. The van der Waals surface area contributed by atoms with Crippen LogP contribution in [-0.2, 0) is 38.1 Å². The monoisotopic (exact) mass is 1130 g/mol. The quantitative estimate of drug-likeness (QED) is 0.0123. The van der Waals surface area contributed by atoms with Crippen molar-refractivity contribution in [3.63, 3.8) is 0 Å². The number of rotatable bonds is 39. The molecular weight excluding hydrogens is 1060 g/mol. The van der Waals surface area contributed by atoms with Gasteiger partial charge < -0.3 is 75.9 Å². The van der Waals surface area contributed by atoms with Crippen LogP contribution in [0, 0.1) is 5.82 Å². The van der Waals surface area contributed by atoms with E-state index in [0.29, 0.717) is 112 Å². The number of pyridine rings is 1. The highest BCUT2D eigenvalue weighted by atomic mass is 32.2. The summed E-state index contributed by atoms with van der Waals surface area (Å²) in [5.41, 5.74) is 1.75. The number of thioether (sulfide) groups is 1. The Balaban J connectivity index is 0.722. The van der Waals surface area contributed by atoms with Crippen molar-refractivity contribution in [1.82, 2.24) is 46.4 Å². The summed E-state index contributed by atoms with van der Waals surface area (Å²) in [6, 6.07) is 16.5. The Hall–Kier alpha value is -7.29. The van der Waals surface area contributed by atoms with Gasteiger partial charge in [-0.05, 0) is 86.7 Å². The van der Waals surface area contributed by atoms with Crippen molar-refractivity contribution in [3.05, 3.63) is 97.2 Å². The topological polar surface area (TPSA) is 287 Å². The molecule has 0 radical (unpaired) electrons. The van der Waals surface area contributed by atoms with Crippen LogP contribution in [0.2, 0.25) is 0 Å². The number of ether oxygens (including phenoxy) is 5. The number of unbranched alkanes of at least 4 members (excludes halogenated alkanes) is 1. The van der Waals surface area contributed by atoms with Crippen molar-refractivity contribution in [3.8, 4) is 11.5 Å². The molecule has 2 fully saturated rings. The van der Waals surface area contributed by atoms with E-state index in [1.807, 2.05) is 11.8 Å². The van der Waals surface area contributed by atoms with Crippen LogP contribution in [0.5, 0.6) is 11.5 Å². The number of likely N-dealkylation sites (N-methyl/N-ethyl adjacent to an activating group) is 1. The molecule has 1 unspecified atom stereocenters. The van der Waals surface area contributed by atoms with E-state index in [-0.39, 0.29) is 85.4 Å². The Kier molecular flexibility index (Phi) is 26.8. The number of carbonyl (C=O) groups is 6. The van der Waals surface area contributed by atoms with Gasteiger partial charge in [-0.1, -0.05) is 19.1 Å². The van der Waals surface area contributed by atoms with Gasteiger partial charge in [-0.15, -0.1) is 0 Å². The number of urea groups is 1. The number of nitrogens with zero attached hydrogens (tertiary/aromatic N) is 4. The zero-order chi connectivity index (χ0) is 56.7. The fourth-order valence-corrected chi connectivity index (χ4v) is 9.75. The van der Waals surface area contributed by atoms with Crippen LogP contribution >= 0.6 is 11.8 Å². The number of amides is 6. The second-order valence-electron chi connectivity index (χ2n) is 18.6. The lowest BCUT2D eigenvalue weighted by Gasteiger charge is -2.17.